The second-order valence-electron chi connectivity index (χ2n) is 7.24. The van der Waals surface area contributed by atoms with Gasteiger partial charge in [0.25, 0.3) is 5.91 Å². The van der Waals surface area contributed by atoms with Gasteiger partial charge in [0, 0.05) is 18.7 Å². The lowest BCUT2D eigenvalue weighted by atomic mass is 9.96. The molecule has 152 valence electrons. The number of carbonyl (C=O) groups excluding carboxylic acids is 3. The van der Waals surface area contributed by atoms with Gasteiger partial charge in [0.05, 0.1) is 12.3 Å². The number of benzene rings is 2. The van der Waals surface area contributed by atoms with Crippen molar-refractivity contribution in [2.75, 3.05) is 13.1 Å². The van der Waals surface area contributed by atoms with Gasteiger partial charge < -0.3 is 4.90 Å². The number of carbonyl (C=O) groups is 3. The summed E-state index contributed by atoms with van der Waals surface area (Å²) in [4.78, 5) is 38.9. The minimum atomic E-state index is -0.391. The molecule has 29 heavy (non-hydrogen) atoms. The van der Waals surface area contributed by atoms with E-state index in [-0.39, 0.29) is 30.0 Å². The molecule has 0 aliphatic carbocycles. The van der Waals surface area contributed by atoms with E-state index in [1.165, 1.54) is 12.1 Å². The number of piperidine rings is 1. The minimum Gasteiger partial charge on any atom is -0.342 e. The van der Waals surface area contributed by atoms with Crippen LogP contribution in [0.25, 0.3) is 0 Å². The highest BCUT2D eigenvalue weighted by molar-refractivity contribution is 5.96. The quantitative estimate of drug-likeness (QED) is 0.778. The average Bonchev–Trinajstić information content (AvgIpc) is 2.73. The predicted molar refractivity (Wildman–Crippen MR) is 106 cm³/mol. The van der Waals surface area contributed by atoms with Crippen molar-refractivity contribution in [1.82, 2.24) is 15.8 Å². The Morgan fingerprint density at radius 3 is 2.52 bits per heavy atom. The van der Waals surface area contributed by atoms with Crippen molar-refractivity contribution < 1.29 is 18.8 Å². The van der Waals surface area contributed by atoms with Crippen LogP contribution in [-0.2, 0) is 16.0 Å². The third kappa shape index (κ3) is 5.40. The zero-order chi connectivity index (χ0) is 20.8. The SMILES string of the molecule is Cc1ccccc1C(=O)NNC(=O)C1CCCN(C(=O)Cc2ccc(F)cc2)C1. The summed E-state index contributed by atoms with van der Waals surface area (Å²) in [5, 5.41) is 0. The van der Waals surface area contributed by atoms with Crippen LogP contribution in [0.1, 0.15) is 34.3 Å². The van der Waals surface area contributed by atoms with E-state index in [1.807, 2.05) is 19.1 Å². The second-order valence-corrected chi connectivity index (χ2v) is 7.24. The van der Waals surface area contributed by atoms with Crippen LogP contribution in [0.4, 0.5) is 4.39 Å². The number of hydrogen-bond acceptors (Lipinski definition) is 3. The zero-order valence-corrected chi connectivity index (χ0v) is 16.3. The summed E-state index contributed by atoms with van der Waals surface area (Å²) < 4.78 is 13.0. The molecule has 2 N–H and O–H groups in total. The maximum absolute atomic E-state index is 13.0. The molecule has 6 nitrogen and oxygen atoms in total. The van der Waals surface area contributed by atoms with Gasteiger partial charge >= 0.3 is 0 Å². The molecule has 0 aromatic heterocycles. The van der Waals surface area contributed by atoms with Gasteiger partial charge in [0.1, 0.15) is 5.82 Å². The van der Waals surface area contributed by atoms with Gasteiger partial charge in [0.2, 0.25) is 11.8 Å². The first-order valence-corrected chi connectivity index (χ1v) is 9.62. The van der Waals surface area contributed by atoms with Crippen LogP contribution in [0.2, 0.25) is 0 Å². The molecule has 0 bridgehead atoms. The van der Waals surface area contributed by atoms with Crippen molar-refractivity contribution in [3.8, 4) is 0 Å². The Bertz CT molecular complexity index is 898. The van der Waals surface area contributed by atoms with Gasteiger partial charge in [0.15, 0.2) is 0 Å². The first-order chi connectivity index (χ1) is 13.9. The van der Waals surface area contributed by atoms with Gasteiger partial charge in [-0.1, -0.05) is 30.3 Å². The van der Waals surface area contributed by atoms with Crippen LogP contribution < -0.4 is 10.9 Å². The Kier molecular flexibility index (Phi) is 6.59. The molecule has 3 amide bonds. The van der Waals surface area contributed by atoms with Crippen molar-refractivity contribution in [3.05, 3.63) is 71.0 Å². The maximum atomic E-state index is 13.0. The second kappa shape index (κ2) is 9.32. The van der Waals surface area contributed by atoms with Crippen molar-refractivity contribution in [2.45, 2.75) is 26.2 Å². The van der Waals surface area contributed by atoms with E-state index in [2.05, 4.69) is 10.9 Å². The Labute approximate surface area is 169 Å². The van der Waals surface area contributed by atoms with Crippen LogP contribution in [0.15, 0.2) is 48.5 Å². The molecular formula is C22H24FN3O3. The lowest BCUT2D eigenvalue weighted by molar-refractivity contribution is -0.135. The van der Waals surface area contributed by atoms with Gasteiger partial charge in [-0.15, -0.1) is 0 Å². The first-order valence-electron chi connectivity index (χ1n) is 9.62. The molecule has 1 saturated heterocycles. The molecule has 1 atom stereocenters. The Balaban J connectivity index is 1.52. The number of amides is 3. The highest BCUT2D eigenvalue weighted by atomic mass is 19.1. The predicted octanol–water partition coefficient (Wildman–Crippen LogP) is 2.38. The molecule has 1 heterocycles. The third-order valence-electron chi connectivity index (χ3n) is 5.10. The number of nitrogens with one attached hydrogen (secondary N) is 2. The molecule has 1 fully saturated rings. The number of hydrogen-bond donors (Lipinski definition) is 2. The molecule has 2 aromatic carbocycles. The highest BCUT2D eigenvalue weighted by Crippen LogP contribution is 2.18. The lowest BCUT2D eigenvalue weighted by Gasteiger charge is -2.32. The van der Waals surface area contributed by atoms with Gasteiger partial charge in [-0.25, -0.2) is 4.39 Å². The molecule has 2 aromatic rings. The summed E-state index contributed by atoms with van der Waals surface area (Å²) in [5.41, 5.74) is 6.96. The first kappa shape index (κ1) is 20.5. The van der Waals surface area contributed by atoms with Crippen LogP contribution >= 0.6 is 0 Å². The van der Waals surface area contributed by atoms with Gasteiger partial charge in [-0.2, -0.15) is 0 Å². The smallest absolute Gasteiger partial charge is 0.269 e. The zero-order valence-electron chi connectivity index (χ0n) is 16.3. The standard InChI is InChI=1S/C22H24FN3O3/c1-15-5-2-3-7-19(15)22(29)25-24-21(28)17-6-4-12-26(14-17)20(27)13-16-8-10-18(23)11-9-16/h2-3,5,7-11,17H,4,6,12-14H2,1H3,(H,24,28)(H,25,29). The van der Waals surface area contributed by atoms with Crippen molar-refractivity contribution in [1.29, 1.82) is 0 Å². The van der Waals surface area contributed by atoms with E-state index in [1.54, 1.807) is 29.2 Å². The number of halogens is 1. The summed E-state index contributed by atoms with van der Waals surface area (Å²) in [6.07, 6.45) is 1.52. The topological polar surface area (TPSA) is 78.5 Å². The molecule has 1 aliphatic rings. The van der Waals surface area contributed by atoms with Gasteiger partial charge in [-0.05, 0) is 49.1 Å². The number of nitrogens with zero attached hydrogens (tertiary/aromatic N) is 1. The van der Waals surface area contributed by atoms with Crippen molar-refractivity contribution >= 4 is 17.7 Å². The van der Waals surface area contributed by atoms with Crippen LogP contribution in [0.5, 0.6) is 0 Å². The summed E-state index contributed by atoms with van der Waals surface area (Å²) in [7, 11) is 0. The summed E-state index contributed by atoms with van der Waals surface area (Å²) >= 11 is 0. The molecular weight excluding hydrogens is 373 g/mol. The fourth-order valence-corrected chi connectivity index (χ4v) is 3.42. The number of rotatable bonds is 4. The van der Waals surface area contributed by atoms with E-state index in [0.717, 1.165) is 11.1 Å². The van der Waals surface area contributed by atoms with E-state index in [9.17, 15) is 18.8 Å². The van der Waals surface area contributed by atoms with Gasteiger partial charge in [-0.3, -0.25) is 25.2 Å². The molecule has 0 radical (unpaired) electrons. The van der Waals surface area contributed by atoms with Crippen LogP contribution in [0.3, 0.4) is 0 Å². The molecule has 0 saturated carbocycles. The normalized spacial score (nSPS) is 16.2. The van der Waals surface area contributed by atoms with Crippen molar-refractivity contribution in [3.63, 3.8) is 0 Å². The molecule has 1 unspecified atom stereocenters. The molecule has 0 spiro atoms. The third-order valence-corrected chi connectivity index (χ3v) is 5.10. The van der Waals surface area contributed by atoms with E-state index in [4.69, 9.17) is 0 Å². The lowest BCUT2D eigenvalue weighted by Crippen LogP contribution is -2.50. The Morgan fingerprint density at radius 2 is 1.79 bits per heavy atom. The molecule has 7 heteroatoms. The Hall–Kier alpha value is -3.22. The maximum Gasteiger partial charge on any atom is 0.269 e. The van der Waals surface area contributed by atoms with Crippen LogP contribution in [0, 0.1) is 18.7 Å². The van der Waals surface area contributed by atoms with Crippen molar-refractivity contribution in [2.24, 2.45) is 5.92 Å². The average molecular weight is 397 g/mol. The largest absolute Gasteiger partial charge is 0.342 e. The number of aryl methyl sites for hydroxylation is 1. The fraction of sp³-hybridized carbons (Fsp3) is 0.318. The highest BCUT2D eigenvalue weighted by Gasteiger charge is 2.28. The van der Waals surface area contributed by atoms with E-state index < -0.39 is 5.92 Å². The summed E-state index contributed by atoms with van der Waals surface area (Å²) in [6, 6.07) is 12.9. The number of hydrazine groups is 1. The summed E-state index contributed by atoms with van der Waals surface area (Å²) in [6.45, 7) is 2.70. The van der Waals surface area contributed by atoms with E-state index in [0.29, 0.717) is 31.5 Å². The monoisotopic (exact) mass is 397 g/mol. The summed E-state index contributed by atoms with van der Waals surface area (Å²) in [5.74, 6) is -1.53. The molecule has 1 aliphatic heterocycles. The Morgan fingerprint density at radius 1 is 1.07 bits per heavy atom. The van der Waals surface area contributed by atoms with E-state index >= 15 is 0 Å². The fourth-order valence-electron chi connectivity index (χ4n) is 3.42. The minimum absolute atomic E-state index is 0.0990. The molecule has 3 rings (SSSR count). The number of likely N-dealkylation sites (tertiary alicyclic amines) is 1. The van der Waals surface area contributed by atoms with Crippen LogP contribution in [-0.4, -0.2) is 35.7 Å².